The number of carbonyl (C=O) groups excluding carboxylic acids is 1. The van der Waals surface area contributed by atoms with E-state index in [-0.39, 0.29) is 6.10 Å². The number of ether oxygens (including phenoxy) is 3. The molecule has 29 heavy (non-hydrogen) atoms. The summed E-state index contributed by atoms with van der Waals surface area (Å²) in [4.78, 5) is 20.1. The number of benzene rings is 1. The SMILES string of the molecule is COc1ncccc1-c1cc(C(N)=O)ccc1Oc1cnc(OC(C)C)c(Cl)c1. The Morgan fingerprint density at radius 1 is 1.10 bits per heavy atom. The molecule has 0 aliphatic carbocycles. The van der Waals surface area contributed by atoms with Gasteiger partial charge in [-0.1, -0.05) is 11.6 Å². The summed E-state index contributed by atoms with van der Waals surface area (Å²) in [6.07, 6.45) is 3.06. The van der Waals surface area contributed by atoms with Crippen LogP contribution < -0.4 is 19.9 Å². The molecule has 2 heterocycles. The highest BCUT2D eigenvalue weighted by atomic mass is 35.5. The first-order valence-corrected chi connectivity index (χ1v) is 9.20. The number of primary amides is 1. The van der Waals surface area contributed by atoms with Crippen LogP contribution in [0.2, 0.25) is 5.02 Å². The Bertz CT molecular complexity index is 1040. The molecule has 0 atom stereocenters. The number of aromatic nitrogens is 2. The predicted molar refractivity (Wildman–Crippen MR) is 110 cm³/mol. The van der Waals surface area contributed by atoms with Gasteiger partial charge in [0.25, 0.3) is 0 Å². The van der Waals surface area contributed by atoms with E-state index in [0.29, 0.717) is 45.0 Å². The van der Waals surface area contributed by atoms with E-state index in [1.807, 2.05) is 19.9 Å². The van der Waals surface area contributed by atoms with E-state index in [9.17, 15) is 4.79 Å². The van der Waals surface area contributed by atoms with Crippen molar-refractivity contribution in [3.8, 4) is 34.4 Å². The Morgan fingerprint density at radius 3 is 2.55 bits per heavy atom. The number of nitrogens with zero attached hydrogens (tertiary/aromatic N) is 2. The fourth-order valence-corrected chi connectivity index (χ4v) is 2.84. The van der Waals surface area contributed by atoms with E-state index >= 15 is 0 Å². The zero-order valence-corrected chi connectivity index (χ0v) is 16.9. The number of carbonyl (C=O) groups is 1. The van der Waals surface area contributed by atoms with Gasteiger partial charge < -0.3 is 19.9 Å². The van der Waals surface area contributed by atoms with E-state index < -0.39 is 5.91 Å². The van der Waals surface area contributed by atoms with Crippen molar-refractivity contribution in [1.29, 1.82) is 0 Å². The number of methoxy groups -OCH3 is 1. The minimum absolute atomic E-state index is 0.0576. The normalized spacial score (nSPS) is 10.7. The number of hydrogen-bond donors (Lipinski definition) is 1. The van der Waals surface area contributed by atoms with E-state index in [1.54, 1.807) is 36.5 Å². The van der Waals surface area contributed by atoms with Crippen molar-refractivity contribution in [2.45, 2.75) is 20.0 Å². The van der Waals surface area contributed by atoms with Crippen molar-refractivity contribution in [2.75, 3.05) is 7.11 Å². The fraction of sp³-hybridized carbons (Fsp3) is 0.190. The lowest BCUT2D eigenvalue weighted by atomic mass is 10.0. The Hall–Kier alpha value is -3.32. The van der Waals surface area contributed by atoms with Gasteiger partial charge in [-0.25, -0.2) is 9.97 Å². The molecule has 3 aromatic rings. The van der Waals surface area contributed by atoms with Crippen LogP contribution >= 0.6 is 11.6 Å². The molecule has 0 aliphatic heterocycles. The van der Waals surface area contributed by atoms with Crippen molar-refractivity contribution < 1.29 is 19.0 Å². The van der Waals surface area contributed by atoms with Crippen LogP contribution in [0.5, 0.6) is 23.3 Å². The predicted octanol–water partition coefficient (Wildman–Crippen LogP) is 4.48. The maximum absolute atomic E-state index is 11.7. The quantitative estimate of drug-likeness (QED) is 0.613. The summed E-state index contributed by atoms with van der Waals surface area (Å²) in [5, 5.41) is 0.325. The van der Waals surface area contributed by atoms with Crippen LogP contribution in [0.1, 0.15) is 24.2 Å². The summed E-state index contributed by atoms with van der Waals surface area (Å²) in [5.74, 6) is 1.02. The van der Waals surface area contributed by atoms with Gasteiger partial charge in [-0.15, -0.1) is 0 Å². The number of rotatable bonds is 7. The highest BCUT2D eigenvalue weighted by Gasteiger charge is 2.16. The van der Waals surface area contributed by atoms with Gasteiger partial charge >= 0.3 is 0 Å². The molecule has 0 spiro atoms. The molecule has 0 aliphatic rings. The molecule has 3 rings (SSSR count). The van der Waals surface area contributed by atoms with Crippen LogP contribution in [0.25, 0.3) is 11.1 Å². The standard InChI is InChI=1S/C21H20ClN3O4/c1-12(2)28-21-17(22)10-14(11-25-21)29-18-7-6-13(19(23)26)9-16(18)15-5-4-8-24-20(15)27-3/h4-12H,1-3H3,(H2,23,26). The number of pyridine rings is 2. The summed E-state index contributed by atoms with van der Waals surface area (Å²) in [6.45, 7) is 3.77. The molecule has 0 bridgehead atoms. The molecule has 7 nitrogen and oxygen atoms in total. The highest BCUT2D eigenvalue weighted by Crippen LogP contribution is 2.39. The zero-order valence-electron chi connectivity index (χ0n) is 16.2. The van der Waals surface area contributed by atoms with Crippen LogP contribution in [-0.2, 0) is 0 Å². The highest BCUT2D eigenvalue weighted by molar-refractivity contribution is 6.31. The van der Waals surface area contributed by atoms with Gasteiger partial charge in [0.2, 0.25) is 17.7 Å². The molecule has 2 N–H and O–H groups in total. The van der Waals surface area contributed by atoms with Crippen LogP contribution in [0.15, 0.2) is 48.8 Å². The Kier molecular flexibility index (Phi) is 6.19. The minimum Gasteiger partial charge on any atom is -0.481 e. The Morgan fingerprint density at radius 2 is 1.90 bits per heavy atom. The lowest BCUT2D eigenvalue weighted by Gasteiger charge is -2.15. The molecular formula is C21H20ClN3O4. The molecule has 1 amide bonds. The third kappa shape index (κ3) is 4.75. The van der Waals surface area contributed by atoms with Gasteiger partial charge in [0.15, 0.2) is 0 Å². The van der Waals surface area contributed by atoms with Gasteiger partial charge in [0.05, 0.1) is 19.4 Å². The van der Waals surface area contributed by atoms with Crippen molar-refractivity contribution in [3.63, 3.8) is 0 Å². The van der Waals surface area contributed by atoms with Crippen molar-refractivity contribution in [3.05, 3.63) is 59.4 Å². The summed E-state index contributed by atoms with van der Waals surface area (Å²) in [7, 11) is 1.52. The van der Waals surface area contributed by atoms with Crippen molar-refractivity contribution >= 4 is 17.5 Å². The van der Waals surface area contributed by atoms with Crippen LogP contribution in [0, 0.1) is 0 Å². The van der Waals surface area contributed by atoms with E-state index in [2.05, 4.69) is 9.97 Å². The number of halogens is 1. The van der Waals surface area contributed by atoms with Gasteiger partial charge in [-0.3, -0.25) is 4.79 Å². The molecule has 8 heteroatoms. The molecular weight excluding hydrogens is 394 g/mol. The maximum Gasteiger partial charge on any atom is 0.248 e. The molecule has 1 aromatic carbocycles. The van der Waals surface area contributed by atoms with Crippen molar-refractivity contribution in [2.24, 2.45) is 5.73 Å². The first kappa shape index (κ1) is 20.4. The summed E-state index contributed by atoms with van der Waals surface area (Å²) in [5.41, 5.74) is 7.00. The molecule has 2 aromatic heterocycles. The zero-order chi connectivity index (χ0) is 21.0. The topological polar surface area (TPSA) is 96.6 Å². The Balaban J connectivity index is 2.03. The van der Waals surface area contributed by atoms with Gasteiger partial charge in [-0.2, -0.15) is 0 Å². The third-order valence-corrected chi connectivity index (χ3v) is 4.15. The molecule has 0 saturated carbocycles. The van der Waals surface area contributed by atoms with Crippen LogP contribution in [-0.4, -0.2) is 29.1 Å². The number of hydrogen-bond acceptors (Lipinski definition) is 6. The Labute approximate surface area is 173 Å². The monoisotopic (exact) mass is 413 g/mol. The van der Waals surface area contributed by atoms with Gasteiger partial charge in [0, 0.05) is 29.0 Å². The largest absolute Gasteiger partial charge is 0.481 e. The molecule has 150 valence electrons. The van der Waals surface area contributed by atoms with E-state index in [4.69, 9.17) is 31.5 Å². The molecule has 0 unspecified atom stereocenters. The average Bonchev–Trinajstić information content (AvgIpc) is 2.70. The van der Waals surface area contributed by atoms with E-state index in [0.717, 1.165) is 0 Å². The second-order valence-electron chi connectivity index (χ2n) is 6.36. The summed E-state index contributed by atoms with van der Waals surface area (Å²) < 4.78 is 16.9. The lowest BCUT2D eigenvalue weighted by Crippen LogP contribution is -2.11. The average molecular weight is 414 g/mol. The van der Waals surface area contributed by atoms with Crippen molar-refractivity contribution in [1.82, 2.24) is 9.97 Å². The fourth-order valence-electron chi connectivity index (χ4n) is 2.64. The van der Waals surface area contributed by atoms with Crippen LogP contribution in [0.4, 0.5) is 0 Å². The summed E-state index contributed by atoms with van der Waals surface area (Å²) >= 11 is 6.25. The second kappa shape index (κ2) is 8.79. The van der Waals surface area contributed by atoms with E-state index in [1.165, 1.54) is 13.3 Å². The first-order chi connectivity index (χ1) is 13.9. The number of amides is 1. The van der Waals surface area contributed by atoms with Gasteiger partial charge in [0.1, 0.15) is 16.5 Å². The molecule has 0 saturated heterocycles. The number of nitrogens with two attached hydrogens (primary N) is 1. The van der Waals surface area contributed by atoms with Gasteiger partial charge in [-0.05, 0) is 44.2 Å². The minimum atomic E-state index is -0.555. The second-order valence-corrected chi connectivity index (χ2v) is 6.77. The first-order valence-electron chi connectivity index (χ1n) is 8.82. The smallest absolute Gasteiger partial charge is 0.248 e. The summed E-state index contributed by atoms with van der Waals surface area (Å²) in [6, 6.07) is 10.0. The molecule has 0 radical (unpaired) electrons. The van der Waals surface area contributed by atoms with Crippen LogP contribution in [0.3, 0.4) is 0 Å². The molecule has 0 fully saturated rings. The maximum atomic E-state index is 11.7. The third-order valence-electron chi connectivity index (χ3n) is 3.88. The lowest BCUT2D eigenvalue weighted by molar-refractivity contribution is 0.100.